The summed E-state index contributed by atoms with van der Waals surface area (Å²) in [6.07, 6.45) is 1.51. The zero-order valence-corrected chi connectivity index (χ0v) is 20.6. The van der Waals surface area contributed by atoms with Gasteiger partial charge in [0.05, 0.1) is 18.3 Å². The maximum absolute atomic E-state index is 13.7. The van der Waals surface area contributed by atoms with Crippen molar-refractivity contribution >= 4 is 23.3 Å². The summed E-state index contributed by atoms with van der Waals surface area (Å²) in [5, 5.41) is 19.4. The first-order valence-corrected chi connectivity index (χ1v) is 11.9. The first-order chi connectivity index (χ1) is 17.8. The predicted molar refractivity (Wildman–Crippen MR) is 134 cm³/mol. The Balaban J connectivity index is 1.55. The van der Waals surface area contributed by atoms with Crippen molar-refractivity contribution in [1.82, 2.24) is 30.4 Å². The van der Waals surface area contributed by atoms with E-state index in [-0.39, 0.29) is 5.82 Å². The third-order valence-corrected chi connectivity index (χ3v) is 6.54. The van der Waals surface area contributed by atoms with Crippen molar-refractivity contribution in [3.63, 3.8) is 0 Å². The van der Waals surface area contributed by atoms with Crippen LogP contribution in [0.1, 0.15) is 58.5 Å². The smallest absolute Gasteiger partial charge is 0.293 e. The average molecular weight is 496 g/mol. The minimum atomic E-state index is -1.22. The Labute approximate surface area is 213 Å². The minimum absolute atomic E-state index is 0.220. The van der Waals surface area contributed by atoms with E-state index in [4.69, 9.17) is 0 Å². The van der Waals surface area contributed by atoms with E-state index in [1.165, 1.54) is 11.2 Å². The number of Topliss-reactive ketones (excluding diaryl/α,β-unsaturated/α-hetero) is 2. The Morgan fingerprint density at radius 3 is 2.27 bits per heavy atom. The van der Waals surface area contributed by atoms with Gasteiger partial charge in [-0.25, -0.2) is 4.68 Å². The molecule has 10 heteroatoms. The lowest BCUT2D eigenvalue weighted by atomic mass is 9.85. The second-order valence-electron chi connectivity index (χ2n) is 9.38. The van der Waals surface area contributed by atoms with Crippen molar-refractivity contribution in [2.75, 3.05) is 4.90 Å². The number of benzene rings is 2. The molecule has 0 radical (unpaired) electrons. The van der Waals surface area contributed by atoms with Crippen molar-refractivity contribution in [3.05, 3.63) is 94.9 Å². The maximum atomic E-state index is 13.7. The number of amides is 1. The van der Waals surface area contributed by atoms with E-state index in [1.54, 1.807) is 35.9 Å². The molecule has 4 aromatic rings. The van der Waals surface area contributed by atoms with Crippen LogP contribution in [-0.2, 0) is 16.1 Å². The highest BCUT2D eigenvalue weighted by atomic mass is 16.2. The zero-order valence-electron chi connectivity index (χ0n) is 20.6. The number of carbonyl (C=O) groups is 3. The van der Waals surface area contributed by atoms with Crippen molar-refractivity contribution in [2.24, 2.45) is 5.92 Å². The molecule has 1 fully saturated rings. The molecule has 0 aliphatic carbocycles. The van der Waals surface area contributed by atoms with Crippen molar-refractivity contribution in [2.45, 2.75) is 39.3 Å². The van der Waals surface area contributed by atoms with Gasteiger partial charge in [-0.15, -0.1) is 10.2 Å². The molecule has 0 spiro atoms. The topological polar surface area (TPSA) is 124 Å². The van der Waals surface area contributed by atoms with Crippen molar-refractivity contribution < 1.29 is 14.4 Å². The number of aryl methyl sites for hydroxylation is 1. The molecule has 37 heavy (non-hydrogen) atoms. The normalized spacial score (nSPS) is 17.6. The Kier molecular flexibility index (Phi) is 6.39. The van der Waals surface area contributed by atoms with E-state index in [0.29, 0.717) is 29.3 Å². The van der Waals surface area contributed by atoms with Crippen LogP contribution in [0.15, 0.2) is 67.0 Å². The van der Waals surface area contributed by atoms with E-state index in [1.807, 2.05) is 36.4 Å². The summed E-state index contributed by atoms with van der Waals surface area (Å²) in [5.74, 6) is -2.64. The predicted octanol–water partition coefficient (Wildman–Crippen LogP) is 3.10. The van der Waals surface area contributed by atoms with Crippen LogP contribution in [0.4, 0.5) is 5.82 Å². The monoisotopic (exact) mass is 495 g/mol. The number of rotatable bonds is 7. The second-order valence-corrected chi connectivity index (χ2v) is 9.38. The van der Waals surface area contributed by atoms with Crippen LogP contribution in [0.3, 0.4) is 0 Å². The second kappa shape index (κ2) is 9.81. The van der Waals surface area contributed by atoms with E-state index < -0.39 is 29.4 Å². The number of ketones is 2. The largest absolute Gasteiger partial charge is 0.297 e. The maximum Gasteiger partial charge on any atom is 0.297 e. The molecule has 1 amide bonds. The minimum Gasteiger partial charge on any atom is -0.293 e. The van der Waals surface area contributed by atoms with Crippen LogP contribution < -0.4 is 4.90 Å². The van der Waals surface area contributed by atoms with Crippen LogP contribution in [0.25, 0.3) is 0 Å². The summed E-state index contributed by atoms with van der Waals surface area (Å²) in [6, 6.07) is 17.0. The number of tetrazole rings is 1. The number of aromatic nitrogens is 6. The van der Waals surface area contributed by atoms with Crippen LogP contribution in [-0.4, -0.2) is 47.9 Å². The van der Waals surface area contributed by atoms with Gasteiger partial charge in [0, 0.05) is 5.56 Å². The summed E-state index contributed by atoms with van der Waals surface area (Å²) in [6.45, 7) is 6.36. The lowest BCUT2D eigenvalue weighted by Crippen LogP contribution is -2.31. The molecule has 1 aliphatic rings. The SMILES string of the molecule is Cc1ccc(N2C(=O)C(=O)C(C(=O)c3ccc(C(C)C)cc3)C2c2ccc(Cn3cnnn3)cc2)nn1. The molecule has 0 bridgehead atoms. The Morgan fingerprint density at radius 2 is 1.68 bits per heavy atom. The number of anilines is 1. The average Bonchev–Trinajstić information content (AvgIpc) is 3.51. The third-order valence-electron chi connectivity index (χ3n) is 6.54. The highest BCUT2D eigenvalue weighted by Gasteiger charge is 2.52. The summed E-state index contributed by atoms with van der Waals surface area (Å²) >= 11 is 0. The fourth-order valence-electron chi connectivity index (χ4n) is 4.51. The molecule has 2 aromatic heterocycles. The quantitative estimate of drug-likeness (QED) is 0.218. The fraction of sp³-hybridized carbons (Fsp3) is 0.259. The fourth-order valence-corrected chi connectivity index (χ4v) is 4.51. The lowest BCUT2D eigenvalue weighted by molar-refractivity contribution is -0.135. The molecule has 186 valence electrons. The van der Waals surface area contributed by atoms with Gasteiger partial charge in [0.25, 0.3) is 5.91 Å². The van der Waals surface area contributed by atoms with E-state index >= 15 is 0 Å². The molecule has 0 saturated carbocycles. The van der Waals surface area contributed by atoms with Gasteiger partial charge in [-0.1, -0.05) is 62.4 Å². The highest BCUT2D eigenvalue weighted by molar-refractivity contribution is 6.48. The molecule has 3 heterocycles. The van der Waals surface area contributed by atoms with Crippen molar-refractivity contribution in [1.29, 1.82) is 0 Å². The lowest BCUT2D eigenvalue weighted by Gasteiger charge is -2.26. The molecule has 2 atom stereocenters. The van der Waals surface area contributed by atoms with E-state index in [2.05, 4.69) is 39.6 Å². The molecular weight excluding hydrogens is 470 g/mol. The zero-order chi connectivity index (χ0) is 26.1. The molecule has 5 rings (SSSR count). The highest BCUT2D eigenvalue weighted by Crippen LogP contribution is 2.40. The number of hydrogen-bond acceptors (Lipinski definition) is 8. The molecule has 2 unspecified atom stereocenters. The Hall–Kier alpha value is -4.60. The van der Waals surface area contributed by atoms with Crippen LogP contribution >= 0.6 is 0 Å². The first-order valence-electron chi connectivity index (χ1n) is 11.9. The van der Waals surface area contributed by atoms with Gasteiger partial charge in [-0.05, 0) is 52.1 Å². The summed E-state index contributed by atoms with van der Waals surface area (Å²) in [4.78, 5) is 41.6. The molecule has 1 saturated heterocycles. The van der Waals surface area contributed by atoms with Gasteiger partial charge in [0.1, 0.15) is 12.2 Å². The first kappa shape index (κ1) is 24.1. The van der Waals surface area contributed by atoms with E-state index in [9.17, 15) is 14.4 Å². The molecule has 10 nitrogen and oxygen atoms in total. The molecule has 0 N–H and O–H groups in total. The van der Waals surface area contributed by atoms with Crippen LogP contribution in [0.5, 0.6) is 0 Å². The van der Waals surface area contributed by atoms with Gasteiger partial charge in [0.2, 0.25) is 5.78 Å². The van der Waals surface area contributed by atoms with E-state index in [0.717, 1.165) is 11.1 Å². The molecule has 2 aromatic carbocycles. The van der Waals surface area contributed by atoms with Crippen molar-refractivity contribution in [3.8, 4) is 0 Å². The van der Waals surface area contributed by atoms with Gasteiger partial charge in [-0.2, -0.15) is 5.10 Å². The third kappa shape index (κ3) is 4.65. The molecule has 1 aliphatic heterocycles. The molecular formula is C27H25N7O3. The van der Waals surface area contributed by atoms with Gasteiger partial charge in [-0.3, -0.25) is 19.3 Å². The summed E-state index contributed by atoms with van der Waals surface area (Å²) < 4.78 is 1.58. The van der Waals surface area contributed by atoms with Gasteiger partial charge >= 0.3 is 0 Å². The summed E-state index contributed by atoms with van der Waals surface area (Å²) in [5.41, 5.74) is 3.69. The Bertz CT molecular complexity index is 1430. The van der Waals surface area contributed by atoms with Gasteiger partial charge < -0.3 is 0 Å². The van der Waals surface area contributed by atoms with Crippen LogP contribution in [0, 0.1) is 12.8 Å². The number of carbonyl (C=O) groups excluding carboxylic acids is 3. The standard InChI is InChI=1S/C27H25N7O3/c1-16(2)19-9-11-21(12-10-19)25(35)23-24(20-7-5-18(6-8-20)14-33-15-28-31-32-33)34(27(37)26(23)36)22-13-4-17(3)29-30-22/h4-13,15-16,23-24H,14H2,1-3H3. The number of hydrogen-bond donors (Lipinski definition) is 0. The van der Waals surface area contributed by atoms with Crippen LogP contribution in [0.2, 0.25) is 0 Å². The Morgan fingerprint density at radius 1 is 0.946 bits per heavy atom. The summed E-state index contributed by atoms with van der Waals surface area (Å²) in [7, 11) is 0. The number of nitrogens with zero attached hydrogens (tertiary/aromatic N) is 7. The van der Waals surface area contributed by atoms with Gasteiger partial charge in [0.15, 0.2) is 11.6 Å².